The van der Waals surface area contributed by atoms with Crippen molar-refractivity contribution in [1.82, 2.24) is 0 Å². The lowest BCUT2D eigenvalue weighted by Crippen LogP contribution is -2.18. The summed E-state index contributed by atoms with van der Waals surface area (Å²) in [6.07, 6.45) is 6.62. The molecule has 0 rings (SSSR count). The maximum atomic E-state index is 11.7. The van der Waals surface area contributed by atoms with Crippen LogP contribution >= 0.6 is 0 Å². The van der Waals surface area contributed by atoms with Crippen LogP contribution < -0.4 is 0 Å². The molecule has 0 aromatic rings. The van der Waals surface area contributed by atoms with Crippen molar-refractivity contribution in [1.29, 1.82) is 0 Å². The average molecular weight is 258 g/mol. The summed E-state index contributed by atoms with van der Waals surface area (Å²) < 4.78 is 5.03. The topological polar surface area (TPSA) is 63.6 Å². The van der Waals surface area contributed by atoms with Gasteiger partial charge in [-0.1, -0.05) is 32.6 Å². The van der Waals surface area contributed by atoms with Crippen LogP contribution in [0.2, 0.25) is 0 Å². The zero-order valence-corrected chi connectivity index (χ0v) is 11.6. The molecule has 4 heteroatoms. The lowest BCUT2D eigenvalue weighted by molar-refractivity contribution is -0.149. The molecule has 0 amide bonds. The molecule has 1 N–H and O–H groups in total. The van der Waals surface area contributed by atoms with Crippen molar-refractivity contribution in [3.8, 4) is 0 Å². The molecular formula is C14H26O4. The number of carbonyl (C=O) groups excluding carboxylic acids is 1. The molecule has 0 aromatic carbocycles. The smallest absolute Gasteiger partial charge is 0.308 e. The Balaban J connectivity index is 3.99. The number of unbranched alkanes of at least 4 members (excludes halogenated alkanes) is 3. The fourth-order valence-corrected chi connectivity index (χ4v) is 1.96. The highest BCUT2D eigenvalue weighted by Gasteiger charge is 2.19. The molecule has 0 spiro atoms. The van der Waals surface area contributed by atoms with Gasteiger partial charge in [-0.05, 0) is 26.2 Å². The number of esters is 1. The number of carbonyl (C=O) groups is 2. The third-order valence-electron chi connectivity index (χ3n) is 2.97. The Labute approximate surface area is 110 Å². The molecule has 1 unspecified atom stereocenters. The molecule has 4 nitrogen and oxygen atoms in total. The van der Waals surface area contributed by atoms with Gasteiger partial charge in [0.05, 0.1) is 12.5 Å². The Morgan fingerprint density at radius 2 is 1.72 bits per heavy atom. The second-order valence-corrected chi connectivity index (χ2v) is 4.58. The van der Waals surface area contributed by atoms with E-state index in [4.69, 9.17) is 9.84 Å². The van der Waals surface area contributed by atoms with Gasteiger partial charge in [0, 0.05) is 6.42 Å². The molecule has 0 saturated heterocycles. The van der Waals surface area contributed by atoms with Crippen LogP contribution in [-0.4, -0.2) is 23.7 Å². The number of carboxylic acids is 1. The fraction of sp³-hybridized carbons (Fsp3) is 0.857. The largest absolute Gasteiger partial charge is 0.481 e. The molecule has 0 aliphatic heterocycles. The molecule has 1 atom stereocenters. The van der Waals surface area contributed by atoms with Crippen molar-refractivity contribution in [3.63, 3.8) is 0 Å². The van der Waals surface area contributed by atoms with E-state index >= 15 is 0 Å². The SMILES string of the molecule is CCCCCCC(CCCC(=O)O)C(=O)OCC. The van der Waals surface area contributed by atoms with E-state index in [0.29, 0.717) is 19.4 Å². The van der Waals surface area contributed by atoms with E-state index in [1.54, 1.807) is 6.92 Å². The normalized spacial score (nSPS) is 12.1. The van der Waals surface area contributed by atoms with Gasteiger partial charge in [-0.2, -0.15) is 0 Å². The van der Waals surface area contributed by atoms with Crippen molar-refractivity contribution in [2.24, 2.45) is 5.92 Å². The van der Waals surface area contributed by atoms with Gasteiger partial charge in [-0.15, -0.1) is 0 Å². The van der Waals surface area contributed by atoms with Gasteiger partial charge >= 0.3 is 11.9 Å². The fourth-order valence-electron chi connectivity index (χ4n) is 1.96. The third kappa shape index (κ3) is 9.02. The first-order chi connectivity index (χ1) is 8.61. The van der Waals surface area contributed by atoms with Crippen LogP contribution in [0.15, 0.2) is 0 Å². The minimum atomic E-state index is -0.802. The summed E-state index contributed by atoms with van der Waals surface area (Å²) in [6, 6.07) is 0. The zero-order chi connectivity index (χ0) is 13.8. The molecule has 0 aliphatic rings. The maximum absolute atomic E-state index is 11.7. The first-order valence-electron chi connectivity index (χ1n) is 7.00. The van der Waals surface area contributed by atoms with Gasteiger partial charge in [-0.3, -0.25) is 9.59 Å². The van der Waals surface area contributed by atoms with Gasteiger partial charge in [-0.25, -0.2) is 0 Å². The van der Waals surface area contributed by atoms with Crippen molar-refractivity contribution in [2.75, 3.05) is 6.61 Å². The van der Waals surface area contributed by atoms with E-state index in [1.165, 1.54) is 12.8 Å². The molecule has 0 aromatic heterocycles. The second kappa shape index (κ2) is 11.1. The van der Waals surface area contributed by atoms with Crippen molar-refractivity contribution < 1.29 is 19.4 Å². The Bertz CT molecular complexity index is 238. The third-order valence-corrected chi connectivity index (χ3v) is 2.97. The van der Waals surface area contributed by atoms with Crippen LogP contribution in [0.4, 0.5) is 0 Å². The number of hydrogen-bond donors (Lipinski definition) is 1. The summed E-state index contributed by atoms with van der Waals surface area (Å²) in [4.78, 5) is 22.2. The molecule has 0 fully saturated rings. The van der Waals surface area contributed by atoms with E-state index in [9.17, 15) is 9.59 Å². The molecule has 0 heterocycles. The standard InChI is InChI=1S/C14H26O4/c1-3-5-6-7-9-12(14(17)18-4-2)10-8-11-13(15)16/h12H,3-11H2,1-2H3,(H,15,16). The van der Waals surface area contributed by atoms with E-state index in [2.05, 4.69) is 6.92 Å². The summed E-state index contributed by atoms with van der Waals surface area (Å²) >= 11 is 0. The maximum Gasteiger partial charge on any atom is 0.308 e. The zero-order valence-electron chi connectivity index (χ0n) is 11.6. The van der Waals surface area contributed by atoms with E-state index in [0.717, 1.165) is 19.3 Å². The van der Waals surface area contributed by atoms with Crippen LogP contribution in [-0.2, 0) is 14.3 Å². The van der Waals surface area contributed by atoms with E-state index < -0.39 is 5.97 Å². The molecule has 0 radical (unpaired) electrons. The lowest BCUT2D eigenvalue weighted by atomic mass is 9.95. The Morgan fingerprint density at radius 1 is 1.06 bits per heavy atom. The minimum Gasteiger partial charge on any atom is -0.481 e. The Morgan fingerprint density at radius 3 is 2.28 bits per heavy atom. The highest BCUT2D eigenvalue weighted by molar-refractivity contribution is 5.72. The second-order valence-electron chi connectivity index (χ2n) is 4.58. The number of hydrogen-bond acceptors (Lipinski definition) is 3. The molecular weight excluding hydrogens is 232 g/mol. The summed E-state index contributed by atoms with van der Waals surface area (Å²) in [6.45, 7) is 4.34. The highest BCUT2D eigenvalue weighted by atomic mass is 16.5. The predicted molar refractivity (Wildman–Crippen MR) is 70.4 cm³/mol. The van der Waals surface area contributed by atoms with Crippen LogP contribution in [0.25, 0.3) is 0 Å². The summed E-state index contributed by atoms with van der Waals surface area (Å²) in [5, 5.41) is 8.60. The molecule has 18 heavy (non-hydrogen) atoms. The van der Waals surface area contributed by atoms with Crippen molar-refractivity contribution >= 4 is 11.9 Å². The van der Waals surface area contributed by atoms with Crippen LogP contribution in [0.3, 0.4) is 0 Å². The average Bonchev–Trinajstić information content (AvgIpc) is 2.32. The van der Waals surface area contributed by atoms with Crippen molar-refractivity contribution in [2.45, 2.75) is 65.2 Å². The van der Waals surface area contributed by atoms with Crippen LogP contribution in [0.5, 0.6) is 0 Å². The minimum absolute atomic E-state index is 0.124. The number of rotatable bonds is 11. The number of ether oxygens (including phenoxy) is 1. The molecule has 0 bridgehead atoms. The van der Waals surface area contributed by atoms with Crippen LogP contribution in [0.1, 0.15) is 65.2 Å². The highest BCUT2D eigenvalue weighted by Crippen LogP contribution is 2.19. The summed E-state index contributed by atoms with van der Waals surface area (Å²) in [5.74, 6) is -1.09. The van der Waals surface area contributed by atoms with Crippen molar-refractivity contribution in [3.05, 3.63) is 0 Å². The van der Waals surface area contributed by atoms with Crippen LogP contribution in [0, 0.1) is 5.92 Å². The molecule has 0 aliphatic carbocycles. The molecule has 0 saturated carbocycles. The van der Waals surface area contributed by atoms with E-state index in [-0.39, 0.29) is 18.3 Å². The van der Waals surface area contributed by atoms with Gasteiger partial charge < -0.3 is 9.84 Å². The first-order valence-corrected chi connectivity index (χ1v) is 7.00. The van der Waals surface area contributed by atoms with Gasteiger partial charge in [0.2, 0.25) is 0 Å². The summed E-state index contributed by atoms with van der Waals surface area (Å²) in [5.41, 5.74) is 0. The number of carboxylic acid groups (broad SMARTS) is 1. The first kappa shape index (κ1) is 16.9. The molecule has 106 valence electrons. The van der Waals surface area contributed by atoms with Gasteiger partial charge in [0.15, 0.2) is 0 Å². The monoisotopic (exact) mass is 258 g/mol. The summed E-state index contributed by atoms with van der Waals surface area (Å²) in [7, 11) is 0. The lowest BCUT2D eigenvalue weighted by Gasteiger charge is -2.14. The van der Waals surface area contributed by atoms with Gasteiger partial charge in [0.25, 0.3) is 0 Å². The van der Waals surface area contributed by atoms with E-state index in [1.807, 2.05) is 0 Å². The number of aliphatic carboxylic acids is 1. The van der Waals surface area contributed by atoms with Gasteiger partial charge in [0.1, 0.15) is 0 Å². The quantitative estimate of drug-likeness (QED) is 0.456. The Kier molecular flexibility index (Phi) is 10.4. The Hall–Kier alpha value is -1.06. The predicted octanol–water partition coefficient (Wildman–Crippen LogP) is 3.39.